The molecule has 0 unspecified atom stereocenters. The molecule has 0 amide bonds. The van der Waals surface area contributed by atoms with Crippen LogP contribution in [0.15, 0.2) is 0 Å². The van der Waals surface area contributed by atoms with Crippen molar-refractivity contribution in [3.05, 3.63) is 0 Å². The van der Waals surface area contributed by atoms with E-state index in [2.05, 4.69) is 5.32 Å². The number of rotatable bonds is 4. The van der Waals surface area contributed by atoms with E-state index in [1.54, 1.807) is 0 Å². The number of nitrogens with one attached hydrogen (secondary N) is 2. The zero-order valence-electron chi connectivity index (χ0n) is 4.33. The second-order valence-corrected chi connectivity index (χ2v) is 1.18. The Bertz CT molecular complexity index is 52.5. The van der Waals surface area contributed by atoms with Crippen LogP contribution in [0.4, 0.5) is 0 Å². The van der Waals surface area contributed by atoms with Crippen LogP contribution in [-0.2, 0) is 0 Å². The van der Waals surface area contributed by atoms with Crippen LogP contribution >= 0.6 is 0 Å². The van der Waals surface area contributed by atoms with Crippen molar-refractivity contribution in [1.29, 1.82) is 0 Å². The first-order valence-electron chi connectivity index (χ1n) is 2.06. The molecule has 6 heteroatoms. The molecular weight excluding hydrogens is 109 g/mol. The lowest BCUT2D eigenvalue weighted by molar-refractivity contribution is -0.00610. The van der Waals surface area contributed by atoms with Gasteiger partial charge >= 0.3 is 0 Å². The minimum absolute atomic E-state index is 0.105. The molecule has 0 aromatic rings. The lowest BCUT2D eigenvalue weighted by Gasteiger charge is -2.07. The van der Waals surface area contributed by atoms with Crippen molar-refractivity contribution in [3.63, 3.8) is 0 Å². The summed E-state index contributed by atoms with van der Waals surface area (Å²) in [6.45, 7) is 0.293. The highest BCUT2D eigenvalue weighted by molar-refractivity contribution is 6.03. The number of nitrogens with zero attached hydrogens (tertiary/aromatic N) is 1. The lowest BCUT2D eigenvalue weighted by atomic mass is 10.4. The monoisotopic (exact) mass is 117 g/mol. The minimum atomic E-state index is 0.105. The van der Waals surface area contributed by atoms with Crippen molar-refractivity contribution in [1.82, 2.24) is 15.8 Å². The standard InChI is InChI=1S/C2H8BN3O2/c3-6(8)2-4-1-5-7/h4-5,7-8H,1-2H2. The minimum Gasteiger partial charge on any atom is -0.326 e. The fraction of sp³-hybridized carbons (Fsp3) is 1.00. The highest BCUT2D eigenvalue weighted by Gasteiger charge is 1.85. The normalized spacial score (nSPS) is 10.4. The molecule has 0 aliphatic rings. The third-order valence-corrected chi connectivity index (χ3v) is 0.478. The summed E-state index contributed by atoms with van der Waals surface area (Å²) >= 11 is 0. The van der Waals surface area contributed by atoms with Gasteiger partial charge in [-0.1, -0.05) is 0 Å². The van der Waals surface area contributed by atoms with E-state index in [0.29, 0.717) is 4.97 Å². The molecule has 0 saturated carbocycles. The number of hydroxylamine groups is 2. The van der Waals surface area contributed by atoms with Gasteiger partial charge in [-0.15, -0.1) is 0 Å². The highest BCUT2D eigenvalue weighted by atomic mass is 16.5. The van der Waals surface area contributed by atoms with E-state index in [9.17, 15) is 0 Å². The molecule has 0 spiro atoms. The second kappa shape index (κ2) is 5.01. The van der Waals surface area contributed by atoms with Gasteiger partial charge in [0, 0.05) is 0 Å². The van der Waals surface area contributed by atoms with Crippen molar-refractivity contribution >= 4 is 7.98 Å². The van der Waals surface area contributed by atoms with Crippen LogP contribution in [0.1, 0.15) is 0 Å². The molecule has 4 N–H and O–H groups in total. The van der Waals surface area contributed by atoms with Crippen LogP contribution in [-0.4, -0.2) is 36.7 Å². The summed E-state index contributed by atoms with van der Waals surface area (Å²) in [7, 11) is 4.75. The van der Waals surface area contributed by atoms with E-state index < -0.39 is 0 Å². The van der Waals surface area contributed by atoms with Gasteiger partial charge < -0.3 is 10.4 Å². The van der Waals surface area contributed by atoms with E-state index in [0.717, 1.165) is 0 Å². The predicted molar refractivity (Wildman–Crippen MR) is 27.2 cm³/mol. The molecule has 5 nitrogen and oxygen atoms in total. The van der Waals surface area contributed by atoms with Crippen LogP contribution in [0.5, 0.6) is 0 Å². The van der Waals surface area contributed by atoms with Gasteiger partial charge in [0.2, 0.25) is 7.98 Å². The molecular formula is C2H8BN3O2. The molecule has 8 heavy (non-hydrogen) atoms. The summed E-state index contributed by atoms with van der Waals surface area (Å²) < 4.78 is 0. The Labute approximate surface area is 48.6 Å². The van der Waals surface area contributed by atoms with Gasteiger partial charge in [-0.2, -0.15) is 5.48 Å². The van der Waals surface area contributed by atoms with Gasteiger partial charge in [-0.3, -0.25) is 5.32 Å². The Hall–Kier alpha value is -0.135. The topological polar surface area (TPSA) is 67.8 Å². The van der Waals surface area contributed by atoms with E-state index in [-0.39, 0.29) is 13.3 Å². The molecule has 0 atom stereocenters. The summed E-state index contributed by atoms with van der Waals surface area (Å²) in [5.41, 5.74) is 1.82. The first-order chi connectivity index (χ1) is 3.77. The lowest BCUT2D eigenvalue weighted by Crippen LogP contribution is -2.35. The molecule has 0 saturated heterocycles. The van der Waals surface area contributed by atoms with E-state index in [1.165, 1.54) is 0 Å². The van der Waals surface area contributed by atoms with Crippen molar-refractivity contribution in [2.45, 2.75) is 0 Å². The van der Waals surface area contributed by atoms with Crippen LogP contribution in [0.2, 0.25) is 0 Å². The van der Waals surface area contributed by atoms with Gasteiger partial charge in [0.1, 0.15) is 0 Å². The summed E-state index contributed by atoms with van der Waals surface area (Å²) in [5, 5.41) is 18.7. The van der Waals surface area contributed by atoms with Crippen molar-refractivity contribution < 1.29 is 10.4 Å². The molecule has 0 bridgehead atoms. The zero-order chi connectivity index (χ0) is 6.41. The van der Waals surface area contributed by atoms with E-state index in [4.69, 9.17) is 18.4 Å². The fourth-order valence-electron chi connectivity index (χ4n) is 0.226. The third-order valence-electron chi connectivity index (χ3n) is 0.478. The molecule has 0 aliphatic heterocycles. The summed E-state index contributed by atoms with van der Waals surface area (Å²) in [6.07, 6.45) is 0. The Morgan fingerprint density at radius 1 is 1.62 bits per heavy atom. The number of hydrogen-bond donors (Lipinski definition) is 4. The summed E-state index contributed by atoms with van der Waals surface area (Å²) in [4.78, 5) is 0.470. The van der Waals surface area contributed by atoms with Crippen LogP contribution in [0.25, 0.3) is 0 Å². The van der Waals surface area contributed by atoms with Gasteiger partial charge in [0.05, 0.1) is 13.3 Å². The van der Waals surface area contributed by atoms with Crippen molar-refractivity contribution in [2.24, 2.45) is 0 Å². The van der Waals surface area contributed by atoms with Gasteiger partial charge in [-0.05, 0) is 0 Å². The quantitative estimate of drug-likeness (QED) is 0.152. The molecule has 0 aromatic carbocycles. The Kier molecular flexibility index (Phi) is 4.93. The maximum absolute atomic E-state index is 8.22. The maximum Gasteiger partial charge on any atom is 0.225 e. The van der Waals surface area contributed by atoms with E-state index >= 15 is 0 Å². The van der Waals surface area contributed by atoms with Gasteiger partial charge in [0.25, 0.3) is 0 Å². The summed E-state index contributed by atoms with van der Waals surface area (Å²) in [5.74, 6) is 0. The van der Waals surface area contributed by atoms with Crippen molar-refractivity contribution in [2.75, 3.05) is 13.3 Å². The molecule has 0 rings (SSSR count). The Morgan fingerprint density at radius 2 is 2.25 bits per heavy atom. The average molecular weight is 117 g/mol. The zero-order valence-corrected chi connectivity index (χ0v) is 4.33. The number of hydrogen-bond acceptors (Lipinski definition) is 5. The first-order valence-corrected chi connectivity index (χ1v) is 2.06. The smallest absolute Gasteiger partial charge is 0.225 e. The average Bonchev–Trinajstić information content (AvgIpc) is 1.66. The van der Waals surface area contributed by atoms with Crippen LogP contribution < -0.4 is 10.8 Å². The molecule has 0 heterocycles. The van der Waals surface area contributed by atoms with E-state index in [1.807, 2.05) is 5.48 Å². The molecule has 0 aliphatic carbocycles. The Balaban J connectivity index is 2.72. The molecule has 46 valence electrons. The van der Waals surface area contributed by atoms with Crippen LogP contribution in [0, 0.1) is 0 Å². The SMILES string of the molecule is [B]N(O)CNCNO. The van der Waals surface area contributed by atoms with Gasteiger partial charge in [0.15, 0.2) is 0 Å². The molecule has 0 aromatic heterocycles. The maximum atomic E-state index is 8.22. The largest absolute Gasteiger partial charge is 0.326 e. The first kappa shape index (κ1) is 7.86. The Morgan fingerprint density at radius 3 is 2.62 bits per heavy atom. The molecule has 2 radical (unpaired) electrons. The summed E-state index contributed by atoms with van der Waals surface area (Å²) in [6, 6.07) is 0. The van der Waals surface area contributed by atoms with Crippen molar-refractivity contribution in [3.8, 4) is 0 Å². The fourth-order valence-corrected chi connectivity index (χ4v) is 0.226. The predicted octanol–water partition coefficient (Wildman–Crippen LogP) is -1.76. The third kappa shape index (κ3) is 5.86. The molecule has 0 fully saturated rings. The highest BCUT2D eigenvalue weighted by Crippen LogP contribution is 1.60. The van der Waals surface area contributed by atoms with Crippen LogP contribution in [0.3, 0.4) is 0 Å². The second-order valence-electron chi connectivity index (χ2n) is 1.18. The van der Waals surface area contributed by atoms with Gasteiger partial charge in [-0.25, -0.2) is 4.97 Å².